The Balaban J connectivity index is 1.83. The number of azo groups is 1. The minimum Gasteiger partial charge on any atom is -0.507 e. The number of nitrogens with one attached hydrogen (secondary N) is 1. The first-order valence-corrected chi connectivity index (χ1v) is 18.8. The van der Waals surface area contributed by atoms with Gasteiger partial charge in [-0.25, -0.2) is 0 Å². The monoisotopic (exact) mass is 813 g/mol. The lowest BCUT2D eigenvalue weighted by Crippen LogP contribution is -2.06. The number of rotatable bonds is 8. The summed E-state index contributed by atoms with van der Waals surface area (Å²) >= 11 is 5.70. The number of phenolic OH excluding ortho intramolecular Hbond substituents is 3. The van der Waals surface area contributed by atoms with Crippen molar-refractivity contribution in [1.29, 1.82) is 0 Å². The summed E-state index contributed by atoms with van der Waals surface area (Å²) in [4.78, 5) is 1.01. The zero-order valence-electron chi connectivity index (χ0n) is 23.9. The minimum atomic E-state index is -5.50. The van der Waals surface area contributed by atoms with Crippen LogP contribution in [-0.2, 0) is 40.5 Å². The number of hydrogen-bond donors (Lipinski definition) is 8. The Hall–Kier alpha value is -4.93. The van der Waals surface area contributed by atoms with Crippen LogP contribution in [0.2, 0.25) is 5.02 Å². The number of halogens is 3. The Morgan fingerprint density at radius 3 is 1.78 bits per heavy atom. The van der Waals surface area contributed by atoms with Crippen molar-refractivity contribution in [3.63, 3.8) is 0 Å². The van der Waals surface area contributed by atoms with Crippen LogP contribution in [0.25, 0.3) is 21.5 Å². The molecule has 0 saturated carbocycles. The second-order valence-corrected chi connectivity index (χ2v) is 15.9. The second-order valence-electron chi connectivity index (χ2n) is 9.92. The molecule has 0 aliphatic rings. The number of phenols is 3. The van der Waals surface area contributed by atoms with Crippen LogP contribution < -0.4 is 5.32 Å². The molecule has 27 heteroatoms. The summed E-state index contributed by atoms with van der Waals surface area (Å²) in [5, 5.41) is 36.8. The molecular weight excluding hydrogens is 800 g/mol. The average Bonchev–Trinajstić information content (AvgIpc) is 2.97. The van der Waals surface area contributed by atoms with Crippen LogP contribution in [0, 0.1) is 12.0 Å². The normalized spacial score (nSPS) is 13.0. The van der Waals surface area contributed by atoms with Gasteiger partial charge in [-0.05, 0) is 24.3 Å². The molecule has 0 aliphatic carbocycles. The maximum atomic E-state index is 13.9. The van der Waals surface area contributed by atoms with E-state index < -0.39 is 139 Å². The molecule has 0 aliphatic heterocycles. The average molecular weight is 814 g/mol. The fourth-order valence-corrected chi connectivity index (χ4v) is 7.44. The van der Waals surface area contributed by atoms with Gasteiger partial charge in [-0.3, -0.25) is 18.2 Å². The van der Waals surface area contributed by atoms with E-state index in [9.17, 15) is 76.0 Å². The largest absolute Gasteiger partial charge is 0.507 e. The standard InChI is InChI=1S/C24H14ClF2N5O15S4/c25-19-22(26)29-24(27)30-23(19)28-7-1-9-14(49(39,40)41)5-11(21(35)18(9)16(2-7)51(45,46)47)31-32-20-13(34)6-15(50(42,43)44)10-3-8(48(36,37)38)4-12(33)17(10)20/h1-6,33-35H,(H,28,29,30)(H,36,37,38)(H,39,40,41)(H,42,43,44)(H,45,46,47). The Morgan fingerprint density at radius 2 is 1.22 bits per heavy atom. The number of nitrogens with zero attached hydrogens (tertiary/aromatic N) is 4. The van der Waals surface area contributed by atoms with Gasteiger partial charge in [-0.2, -0.15) is 52.4 Å². The molecule has 0 atom stereocenters. The van der Waals surface area contributed by atoms with E-state index in [-0.39, 0.29) is 0 Å². The molecule has 0 amide bonds. The second kappa shape index (κ2) is 12.4. The third-order valence-corrected chi connectivity index (χ3v) is 10.5. The topological polar surface area (TPSA) is 341 Å². The first-order valence-electron chi connectivity index (χ1n) is 12.6. The van der Waals surface area contributed by atoms with Crippen molar-refractivity contribution in [2.24, 2.45) is 10.2 Å². The molecule has 20 nitrogen and oxygen atoms in total. The third kappa shape index (κ3) is 7.16. The predicted molar refractivity (Wildman–Crippen MR) is 167 cm³/mol. The number of fused-ring (bicyclic) bond motifs is 2. The number of hydrogen-bond acceptors (Lipinski definition) is 16. The first-order chi connectivity index (χ1) is 23.3. The molecule has 0 unspecified atom stereocenters. The lowest BCUT2D eigenvalue weighted by atomic mass is 10.1. The maximum absolute atomic E-state index is 13.9. The zero-order valence-corrected chi connectivity index (χ0v) is 27.9. The van der Waals surface area contributed by atoms with Gasteiger partial charge in [0.25, 0.3) is 40.5 Å². The first kappa shape index (κ1) is 37.3. The van der Waals surface area contributed by atoms with Crippen LogP contribution >= 0.6 is 11.6 Å². The maximum Gasteiger partial charge on any atom is 0.313 e. The summed E-state index contributed by atoms with van der Waals surface area (Å²) in [6, 6.07) is 2.67. The van der Waals surface area contributed by atoms with Gasteiger partial charge in [-0.1, -0.05) is 11.6 Å². The highest BCUT2D eigenvalue weighted by Crippen LogP contribution is 2.48. The van der Waals surface area contributed by atoms with Crippen molar-refractivity contribution in [1.82, 2.24) is 9.97 Å². The molecule has 0 saturated heterocycles. The van der Waals surface area contributed by atoms with Crippen LogP contribution in [0.4, 0.5) is 31.7 Å². The summed E-state index contributed by atoms with van der Waals surface area (Å²) in [6.07, 6.45) is -1.65. The molecule has 0 spiro atoms. The van der Waals surface area contributed by atoms with Crippen molar-refractivity contribution in [2.75, 3.05) is 5.32 Å². The molecule has 1 heterocycles. The molecule has 0 fully saturated rings. The van der Waals surface area contributed by atoms with E-state index >= 15 is 0 Å². The summed E-state index contributed by atoms with van der Waals surface area (Å²) < 4.78 is 164. The summed E-state index contributed by atoms with van der Waals surface area (Å²) in [7, 11) is -21.4. The number of aromatic nitrogens is 2. The van der Waals surface area contributed by atoms with Crippen molar-refractivity contribution >= 4 is 96.5 Å². The Labute approximate surface area is 287 Å². The smallest absolute Gasteiger partial charge is 0.313 e. The fourth-order valence-electron chi connectivity index (χ4n) is 4.64. The van der Waals surface area contributed by atoms with Gasteiger partial charge in [0.05, 0.1) is 10.3 Å². The quantitative estimate of drug-likeness (QED) is 0.0475. The van der Waals surface area contributed by atoms with E-state index in [0.29, 0.717) is 36.4 Å². The molecule has 0 radical (unpaired) electrons. The highest BCUT2D eigenvalue weighted by Gasteiger charge is 2.29. The summed E-state index contributed by atoms with van der Waals surface area (Å²) in [6.45, 7) is 0. The van der Waals surface area contributed by atoms with E-state index in [1.165, 1.54) is 0 Å². The van der Waals surface area contributed by atoms with E-state index in [4.69, 9.17) is 11.6 Å². The molecule has 5 rings (SSSR count). The zero-order chi connectivity index (χ0) is 38.2. The molecule has 1 aromatic heterocycles. The summed E-state index contributed by atoms with van der Waals surface area (Å²) in [5.74, 6) is -6.13. The van der Waals surface area contributed by atoms with Crippen molar-refractivity contribution in [2.45, 2.75) is 19.6 Å². The van der Waals surface area contributed by atoms with Gasteiger partial charge >= 0.3 is 6.08 Å². The molecule has 5 aromatic rings. The molecule has 51 heavy (non-hydrogen) atoms. The molecule has 4 aromatic carbocycles. The van der Waals surface area contributed by atoms with Crippen LogP contribution in [0.1, 0.15) is 0 Å². The van der Waals surface area contributed by atoms with Gasteiger partial charge < -0.3 is 20.6 Å². The Morgan fingerprint density at radius 1 is 0.647 bits per heavy atom. The molecule has 8 N–H and O–H groups in total. The summed E-state index contributed by atoms with van der Waals surface area (Å²) in [5.41, 5.74) is -2.63. The van der Waals surface area contributed by atoms with Gasteiger partial charge in [0.15, 0.2) is 11.6 Å². The lowest BCUT2D eigenvalue weighted by molar-refractivity contribution is 0.464. The number of benzene rings is 4. The molecule has 270 valence electrons. The Bertz CT molecular complexity index is 2860. The van der Waals surface area contributed by atoms with E-state index in [0.717, 1.165) is 0 Å². The number of anilines is 2. The van der Waals surface area contributed by atoms with Gasteiger partial charge in [0, 0.05) is 34.0 Å². The van der Waals surface area contributed by atoms with Crippen LogP contribution in [0.15, 0.2) is 66.2 Å². The van der Waals surface area contributed by atoms with Crippen LogP contribution in [0.5, 0.6) is 17.2 Å². The fraction of sp³-hybridized carbons (Fsp3) is 0. The van der Waals surface area contributed by atoms with E-state index in [2.05, 4.69) is 25.5 Å². The predicted octanol–water partition coefficient (Wildman–Crippen LogP) is 3.98. The highest BCUT2D eigenvalue weighted by molar-refractivity contribution is 7.87. The van der Waals surface area contributed by atoms with Crippen LogP contribution in [-0.4, -0.2) is 77.2 Å². The minimum absolute atomic E-state index is 0.301. The molecular formula is C24H14ClF2N5O15S4. The third-order valence-electron chi connectivity index (χ3n) is 6.65. The molecule has 0 bridgehead atoms. The van der Waals surface area contributed by atoms with Crippen molar-refractivity contribution < 1.29 is 76.0 Å². The lowest BCUT2D eigenvalue weighted by Gasteiger charge is -2.15. The van der Waals surface area contributed by atoms with E-state index in [1.54, 1.807) is 0 Å². The van der Waals surface area contributed by atoms with Crippen molar-refractivity contribution in [3.8, 4) is 17.2 Å². The number of aromatic hydroxyl groups is 3. The van der Waals surface area contributed by atoms with Gasteiger partial charge in [0.1, 0.15) is 42.6 Å². The van der Waals surface area contributed by atoms with Gasteiger partial charge in [0.2, 0.25) is 5.95 Å². The van der Waals surface area contributed by atoms with Crippen molar-refractivity contribution in [3.05, 3.63) is 53.4 Å². The van der Waals surface area contributed by atoms with Gasteiger partial charge in [-0.15, -0.1) is 10.2 Å². The Kier molecular flexibility index (Phi) is 9.06. The van der Waals surface area contributed by atoms with E-state index in [1.807, 2.05) is 0 Å². The van der Waals surface area contributed by atoms with Crippen LogP contribution in [0.3, 0.4) is 0 Å². The SMILES string of the molecule is O=S(=O)(O)c1cc(O)c2c(N=Nc3cc(S(=O)(=O)O)c4cc(Nc5nc(F)nc(F)c5Cl)cc(S(=O)(=O)O)c4c3O)c(O)cc(S(=O)(=O)O)c2c1. The highest BCUT2D eigenvalue weighted by atomic mass is 35.5.